The Morgan fingerprint density at radius 1 is 1.00 bits per heavy atom. The first kappa shape index (κ1) is 18.2. The zero-order chi connectivity index (χ0) is 18.1. The van der Waals surface area contributed by atoms with E-state index in [1.807, 2.05) is 30.3 Å². The predicted molar refractivity (Wildman–Crippen MR) is 96.0 cm³/mol. The number of benzene rings is 2. The van der Waals surface area contributed by atoms with Gasteiger partial charge >= 0.3 is 0 Å². The number of phenolic OH excluding ortho intramolecular Hbond substituents is 1. The molecule has 0 spiro atoms. The van der Waals surface area contributed by atoms with Gasteiger partial charge in [-0.3, -0.25) is 9.59 Å². The molecule has 0 bridgehead atoms. The van der Waals surface area contributed by atoms with Crippen LogP contribution in [0.5, 0.6) is 5.75 Å². The van der Waals surface area contributed by atoms with Crippen molar-refractivity contribution in [3.05, 3.63) is 65.7 Å². The molecule has 6 nitrogen and oxygen atoms in total. The van der Waals surface area contributed by atoms with Gasteiger partial charge in [-0.2, -0.15) is 5.10 Å². The van der Waals surface area contributed by atoms with Gasteiger partial charge in [-0.25, -0.2) is 5.43 Å². The van der Waals surface area contributed by atoms with Gasteiger partial charge in [0.1, 0.15) is 5.75 Å². The molecule has 0 aliphatic rings. The number of hydrazone groups is 1. The van der Waals surface area contributed by atoms with E-state index in [-0.39, 0.29) is 30.4 Å². The second-order valence-corrected chi connectivity index (χ2v) is 5.54. The van der Waals surface area contributed by atoms with Gasteiger partial charge in [0, 0.05) is 24.9 Å². The molecule has 6 heteroatoms. The molecule has 0 unspecified atom stereocenters. The first-order chi connectivity index (χ1) is 12.0. The minimum absolute atomic E-state index is 0.0530. The van der Waals surface area contributed by atoms with Crippen molar-refractivity contribution in [3.63, 3.8) is 0 Å². The third kappa shape index (κ3) is 6.47. The third-order valence-electron chi connectivity index (χ3n) is 3.52. The average Bonchev–Trinajstić information content (AvgIpc) is 2.63. The van der Waals surface area contributed by atoms with Gasteiger partial charge < -0.3 is 10.4 Å². The summed E-state index contributed by atoms with van der Waals surface area (Å²) in [6.45, 7) is 2.16. The smallest absolute Gasteiger partial charge is 0.240 e. The molecule has 3 N–H and O–H groups in total. The zero-order valence-electron chi connectivity index (χ0n) is 14.0. The minimum Gasteiger partial charge on any atom is -0.508 e. The van der Waals surface area contributed by atoms with Crippen LogP contribution in [0.2, 0.25) is 0 Å². The van der Waals surface area contributed by atoms with E-state index in [0.717, 1.165) is 5.56 Å². The van der Waals surface area contributed by atoms with Gasteiger partial charge in [-0.05, 0) is 24.6 Å². The highest BCUT2D eigenvalue weighted by atomic mass is 16.3. The summed E-state index contributed by atoms with van der Waals surface area (Å²) in [4.78, 5) is 23.5. The number of hydrogen-bond donors (Lipinski definition) is 3. The van der Waals surface area contributed by atoms with Crippen LogP contribution in [-0.4, -0.2) is 22.6 Å². The molecule has 130 valence electrons. The summed E-state index contributed by atoms with van der Waals surface area (Å²) >= 11 is 0. The van der Waals surface area contributed by atoms with Crippen molar-refractivity contribution in [2.24, 2.45) is 5.10 Å². The largest absolute Gasteiger partial charge is 0.508 e. The normalized spacial score (nSPS) is 11.0. The first-order valence-electron chi connectivity index (χ1n) is 7.98. The Bertz CT molecular complexity index is 758. The van der Waals surface area contributed by atoms with Crippen LogP contribution in [0.25, 0.3) is 0 Å². The summed E-state index contributed by atoms with van der Waals surface area (Å²) < 4.78 is 0. The Hall–Kier alpha value is -3.15. The van der Waals surface area contributed by atoms with Crippen molar-refractivity contribution < 1.29 is 14.7 Å². The number of carbonyl (C=O) groups excluding carboxylic acids is 2. The van der Waals surface area contributed by atoms with E-state index in [1.54, 1.807) is 31.2 Å². The van der Waals surface area contributed by atoms with Crippen molar-refractivity contribution in [2.75, 3.05) is 0 Å². The van der Waals surface area contributed by atoms with E-state index in [0.29, 0.717) is 17.8 Å². The van der Waals surface area contributed by atoms with E-state index in [4.69, 9.17) is 0 Å². The molecule has 0 aliphatic heterocycles. The highest BCUT2D eigenvalue weighted by Gasteiger charge is 2.07. The van der Waals surface area contributed by atoms with Crippen LogP contribution in [0, 0.1) is 0 Å². The number of hydrogen-bond acceptors (Lipinski definition) is 4. The number of phenols is 1. The Balaban J connectivity index is 1.73. The number of aromatic hydroxyl groups is 1. The lowest BCUT2D eigenvalue weighted by Gasteiger charge is -2.05. The molecular weight excluding hydrogens is 318 g/mol. The fourth-order valence-corrected chi connectivity index (χ4v) is 2.11. The second-order valence-electron chi connectivity index (χ2n) is 5.54. The van der Waals surface area contributed by atoms with Crippen LogP contribution in [0.4, 0.5) is 0 Å². The lowest BCUT2D eigenvalue weighted by atomic mass is 10.1. The average molecular weight is 339 g/mol. The molecule has 2 aromatic carbocycles. The lowest BCUT2D eigenvalue weighted by Crippen LogP contribution is -2.26. The second kappa shape index (κ2) is 9.22. The molecule has 0 aromatic heterocycles. The van der Waals surface area contributed by atoms with E-state index in [9.17, 15) is 14.7 Å². The molecule has 2 amide bonds. The van der Waals surface area contributed by atoms with Crippen LogP contribution >= 0.6 is 0 Å². The molecule has 0 atom stereocenters. The molecule has 2 aromatic rings. The van der Waals surface area contributed by atoms with E-state index in [1.165, 1.54) is 0 Å². The van der Waals surface area contributed by atoms with E-state index >= 15 is 0 Å². The maximum Gasteiger partial charge on any atom is 0.240 e. The summed E-state index contributed by atoms with van der Waals surface area (Å²) in [6, 6.07) is 16.2. The maximum absolute atomic E-state index is 11.8. The highest BCUT2D eigenvalue weighted by Crippen LogP contribution is 2.11. The van der Waals surface area contributed by atoms with Crippen molar-refractivity contribution in [1.82, 2.24) is 10.7 Å². The quantitative estimate of drug-likeness (QED) is 0.534. The topological polar surface area (TPSA) is 90.8 Å². The van der Waals surface area contributed by atoms with Crippen LogP contribution in [0.15, 0.2) is 59.7 Å². The summed E-state index contributed by atoms with van der Waals surface area (Å²) in [6.07, 6.45) is 0.150. The molecule has 0 heterocycles. The molecule has 0 saturated carbocycles. The Morgan fingerprint density at radius 3 is 2.44 bits per heavy atom. The Kier molecular flexibility index (Phi) is 6.71. The number of amides is 2. The molecular formula is C19H21N3O3. The summed E-state index contributed by atoms with van der Waals surface area (Å²) in [5.41, 5.74) is 4.70. The van der Waals surface area contributed by atoms with Crippen LogP contribution < -0.4 is 10.7 Å². The summed E-state index contributed by atoms with van der Waals surface area (Å²) in [7, 11) is 0. The van der Waals surface area contributed by atoms with Crippen molar-refractivity contribution >= 4 is 17.5 Å². The van der Waals surface area contributed by atoms with Crippen LogP contribution in [-0.2, 0) is 16.1 Å². The molecule has 0 aliphatic carbocycles. The number of nitrogens with one attached hydrogen (secondary N) is 2. The van der Waals surface area contributed by atoms with Crippen LogP contribution in [0.3, 0.4) is 0 Å². The standard InChI is InChI=1S/C19H21N3O3/c1-14(16-8-5-9-17(23)12-16)21-22-19(25)11-10-18(24)20-13-15-6-3-2-4-7-15/h2-9,12,23H,10-11,13H2,1H3,(H,20,24)(H,22,25)/b21-14-. The number of rotatable bonds is 7. The molecule has 0 radical (unpaired) electrons. The molecule has 25 heavy (non-hydrogen) atoms. The van der Waals surface area contributed by atoms with Crippen molar-refractivity contribution in [1.29, 1.82) is 0 Å². The van der Waals surface area contributed by atoms with Gasteiger partial charge in [0.25, 0.3) is 0 Å². The van der Waals surface area contributed by atoms with Gasteiger partial charge in [-0.1, -0.05) is 42.5 Å². The van der Waals surface area contributed by atoms with Gasteiger partial charge in [0.15, 0.2) is 0 Å². The monoisotopic (exact) mass is 339 g/mol. The Morgan fingerprint density at radius 2 is 1.72 bits per heavy atom. The lowest BCUT2D eigenvalue weighted by molar-refractivity contribution is -0.126. The van der Waals surface area contributed by atoms with E-state index in [2.05, 4.69) is 15.8 Å². The first-order valence-corrected chi connectivity index (χ1v) is 7.98. The van der Waals surface area contributed by atoms with Crippen molar-refractivity contribution in [2.45, 2.75) is 26.3 Å². The number of nitrogens with zero attached hydrogens (tertiary/aromatic N) is 1. The predicted octanol–water partition coefficient (Wildman–Crippen LogP) is 2.33. The minimum atomic E-state index is -0.339. The highest BCUT2D eigenvalue weighted by molar-refractivity contribution is 5.99. The zero-order valence-corrected chi connectivity index (χ0v) is 14.0. The Labute approximate surface area is 146 Å². The summed E-state index contributed by atoms with van der Waals surface area (Å²) in [5, 5.41) is 16.2. The van der Waals surface area contributed by atoms with Crippen molar-refractivity contribution in [3.8, 4) is 5.75 Å². The maximum atomic E-state index is 11.8. The van der Waals surface area contributed by atoms with Gasteiger partial charge in [0.2, 0.25) is 11.8 Å². The number of carbonyl (C=O) groups is 2. The SMILES string of the molecule is C/C(=N/NC(=O)CCC(=O)NCc1ccccc1)c1cccc(O)c1. The van der Waals surface area contributed by atoms with Crippen LogP contribution in [0.1, 0.15) is 30.9 Å². The molecule has 2 rings (SSSR count). The summed E-state index contributed by atoms with van der Waals surface area (Å²) in [5.74, 6) is -0.393. The van der Waals surface area contributed by atoms with Gasteiger partial charge in [0.05, 0.1) is 5.71 Å². The third-order valence-corrected chi connectivity index (χ3v) is 3.52. The fourth-order valence-electron chi connectivity index (χ4n) is 2.11. The molecule has 0 saturated heterocycles. The fraction of sp³-hybridized carbons (Fsp3) is 0.211. The van der Waals surface area contributed by atoms with E-state index < -0.39 is 0 Å². The molecule has 0 fully saturated rings. The van der Waals surface area contributed by atoms with Gasteiger partial charge in [-0.15, -0.1) is 0 Å².